The third-order valence-electron chi connectivity index (χ3n) is 2.02. The van der Waals surface area contributed by atoms with Gasteiger partial charge in [0.2, 0.25) is 5.91 Å². The van der Waals surface area contributed by atoms with Gasteiger partial charge in [-0.05, 0) is 0 Å². The van der Waals surface area contributed by atoms with E-state index in [9.17, 15) is 9.59 Å². The number of ether oxygens (including phenoxy) is 1. The second-order valence-corrected chi connectivity index (χ2v) is 3.73. The standard InChI is InChI=1S/C10H16N4O3/c1-13(2)9(15)3-4-17-10(16)7-14-6-8(11)5-12-14/h5-6H,3-4,7,11H2,1-2H3. The molecule has 2 N–H and O–H groups in total. The summed E-state index contributed by atoms with van der Waals surface area (Å²) in [5.41, 5.74) is 5.93. The molecule has 7 nitrogen and oxygen atoms in total. The summed E-state index contributed by atoms with van der Waals surface area (Å²) < 4.78 is 6.27. The Morgan fingerprint density at radius 3 is 2.76 bits per heavy atom. The molecule has 0 aliphatic rings. The summed E-state index contributed by atoms with van der Waals surface area (Å²) in [4.78, 5) is 24.0. The van der Waals surface area contributed by atoms with Gasteiger partial charge in [0.1, 0.15) is 13.2 Å². The number of hydrogen-bond acceptors (Lipinski definition) is 5. The van der Waals surface area contributed by atoms with Crippen LogP contribution >= 0.6 is 0 Å². The molecule has 0 atom stereocenters. The third-order valence-corrected chi connectivity index (χ3v) is 2.02. The lowest BCUT2D eigenvalue weighted by Crippen LogP contribution is -2.24. The largest absolute Gasteiger partial charge is 0.464 e. The van der Waals surface area contributed by atoms with Gasteiger partial charge >= 0.3 is 5.97 Å². The van der Waals surface area contributed by atoms with Gasteiger partial charge in [0.05, 0.1) is 18.3 Å². The highest BCUT2D eigenvalue weighted by Gasteiger charge is 2.08. The van der Waals surface area contributed by atoms with Crippen molar-refractivity contribution < 1.29 is 14.3 Å². The Morgan fingerprint density at radius 1 is 1.53 bits per heavy atom. The van der Waals surface area contributed by atoms with E-state index in [0.717, 1.165) is 0 Å². The maximum absolute atomic E-state index is 11.3. The summed E-state index contributed by atoms with van der Waals surface area (Å²) in [6.07, 6.45) is 3.16. The first-order valence-electron chi connectivity index (χ1n) is 5.12. The lowest BCUT2D eigenvalue weighted by Gasteiger charge is -2.10. The van der Waals surface area contributed by atoms with E-state index in [4.69, 9.17) is 10.5 Å². The van der Waals surface area contributed by atoms with Crippen molar-refractivity contribution in [2.75, 3.05) is 26.4 Å². The van der Waals surface area contributed by atoms with Crippen molar-refractivity contribution >= 4 is 17.6 Å². The van der Waals surface area contributed by atoms with Crippen LogP contribution in [-0.2, 0) is 20.9 Å². The van der Waals surface area contributed by atoms with E-state index < -0.39 is 5.97 Å². The number of hydrogen-bond donors (Lipinski definition) is 1. The monoisotopic (exact) mass is 240 g/mol. The summed E-state index contributed by atoms with van der Waals surface area (Å²) >= 11 is 0. The van der Waals surface area contributed by atoms with Gasteiger partial charge in [-0.15, -0.1) is 0 Å². The maximum atomic E-state index is 11.3. The number of esters is 1. The first-order chi connectivity index (χ1) is 7.99. The van der Waals surface area contributed by atoms with Crippen molar-refractivity contribution in [3.63, 3.8) is 0 Å². The van der Waals surface area contributed by atoms with E-state index in [1.165, 1.54) is 22.0 Å². The zero-order valence-corrected chi connectivity index (χ0v) is 9.92. The Balaban J connectivity index is 2.24. The number of carbonyl (C=O) groups is 2. The molecule has 0 aromatic carbocycles. The van der Waals surface area contributed by atoms with Gasteiger partial charge in [-0.2, -0.15) is 5.10 Å². The molecular formula is C10H16N4O3. The molecule has 0 spiro atoms. The molecule has 94 valence electrons. The van der Waals surface area contributed by atoms with Gasteiger partial charge in [-0.3, -0.25) is 14.3 Å². The highest BCUT2D eigenvalue weighted by Crippen LogP contribution is 1.98. The van der Waals surface area contributed by atoms with Gasteiger partial charge in [-0.25, -0.2) is 0 Å². The van der Waals surface area contributed by atoms with Crippen LogP contribution in [0.15, 0.2) is 12.4 Å². The third kappa shape index (κ3) is 4.54. The Kier molecular flexibility index (Phi) is 4.50. The minimum atomic E-state index is -0.445. The smallest absolute Gasteiger partial charge is 0.327 e. The summed E-state index contributed by atoms with van der Waals surface area (Å²) in [6.45, 7) is 0.0694. The molecular weight excluding hydrogens is 224 g/mol. The van der Waals surface area contributed by atoms with Crippen LogP contribution in [0.25, 0.3) is 0 Å². The van der Waals surface area contributed by atoms with E-state index in [1.54, 1.807) is 14.1 Å². The molecule has 1 rings (SSSR count). The van der Waals surface area contributed by atoms with Crippen LogP contribution in [0.3, 0.4) is 0 Å². The van der Waals surface area contributed by atoms with E-state index >= 15 is 0 Å². The summed E-state index contributed by atoms with van der Waals surface area (Å²) in [5.74, 6) is -0.527. The molecule has 1 aromatic rings. The molecule has 0 saturated carbocycles. The summed E-state index contributed by atoms with van der Waals surface area (Å²) in [6, 6.07) is 0. The average molecular weight is 240 g/mol. The van der Waals surface area contributed by atoms with E-state index in [1.807, 2.05) is 0 Å². The normalized spacial score (nSPS) is 10.0. The average Bonchev–Trinajstić information content (AvgIpc) is 2.63. The second-order valence-electron chi connectivity index (χ2n) is 3.73. The lowest BCUT2D eigenvalue weighted by molar-refractivity contribution is -0.145. The van der Waals surface area contributed by atoms with E-state index in [-0.39, 0.29) is 25.5 Å². The molecule has 0 unspecified atom stereocenters. The number of nitrogen functional groups attached to an aromatic ring is 1. The van der Waals surface area contributed by atoms with Crippen LogP contribution in [0.2, 0.25) is 0 Å². The molecule has 1 amide bonds. The van der Waals surface area contributed by atoms with Crippen LogP contribution in [-0.4, -0.2) is 47.3 Å². The lowest BCUT2D eigenvalue weighted by atomic mass is 10.4. The second kappa shape index (κ2) is 5.88. The van der Waals surface area contributed by atoms with Crippen molar-refractivity contribution in [2.45, 2.75) is 13.0 Å². The number of nitrogens with zero attached hydrogens (tertiary/aromatic N) is 3. The van der Waals surface area contributed by atoms with Gasteiger partial charge in [0.25, 0.3) is 0 Å². The molecule has 0 saturated heterocycles. The molecule has 0 bridgehead atoms. The predicted molar refractivity (Wildman–Crippen MR) is 60.9 cm³/mol. The molecule has 0 aliphatic carbocycles. The zero-order valence-electron chi connectivity index (χ0n) is 9.92. The highest BCUT2D eigenvalue weighted by molar-refractivity contribution is 5.76. The summed E-state index contributed by atoms with van der Waals surface area (Å²) in [7, 11) is 3.30. The van der Waals surface area contributed by atoms with Crippen molar-refractivity contribution in [3.8, 4) is 0 Å². The van der Waals surface area contributed by atoms with E-state index in [0.29, 0.717) is 5.69 Å². The van der Waals surface area contributed by atoms with Gasteiger partial charge in [0, 0.05) is 20.3 Å². The topological polar surface area (TPSA) is 90.5 Å². The molecule has 0 fully saturated rings. The van der Waals surface area contributed by atoms with Crippen molar-refractivity contribution in [1.29, 1.82) is 0 Å². The van der Waals surface area contributed by atoms with Crippen LogP contribution < -0.4 is 5.73 Å². The van der Waals surface area contributed by atoms with Crippen LogP contribution in [0.1, 0.15) is 6.42 Å². The number of aromatic nitrogens is 2. The van der Waals surface area contributed by atoms with Crippen LogP contribution in [0.4, 0.5) is 5.69 Å². The fraction of sp³-hybridized carbons (Fsp3) is 0.500. The Hall–Kier alpha value is -2.05. The first-order valence-corrected chi connectivity index (χ1v) is 5.12. The molecule has 17 heavy (non-hydrogen) atoms. The number of amides is 1. The Morgan fingerprint density at radius 2 is 2.24 bits per heavy atom. The maximum Gasteiger partial charge on any atom is 0.327 e. The molecule has 0 aliphatic heterocycles. The van der Waals surface area contributed by atoms with Gasteiger partial charge < -0.3 is 15.4 Å². The molecule has 0 radical (unpaired) electrons. The SMILES string of the molecule is CN(C)C(=O)CCOC(=O)Cn1cc(N)cn1. The Labute approximate surface area is 99.1 Å². The highest BCUT2D eigenvalue weighted by atomic mass is 16.5. The quantitative estimate of drug-likeness (QED) is 0.700. The minimum absolute atomic E-state index is 0.00659. The zero-order chi connectivity index (χ0) is 12.8. The van der Waals surface area contributed by atoms with Crippen molar-refractivity contribution in [1.82, 2.24) is 14.7 Å². The Bertz CT molecular complexity index is 400. The van der Waals surface area contributed by atoms with Crippen LogP contribution in [0.5, 0.6) is 0 Å². The molecule has 7 heteroatoms. The fourth-order valence-corrected chi connectivity index (χ4v) is 1.12. The number of rotatable bonds is 5. The summed E-state index contributed by atoms with van der Waals surface area (Å²) in [5, 5.41) is 3.84. The molecule has 1 aromatic heterocycles. The van der Waals surface area contributed by atoms with Gasteiger partial charge in [0.15, 0.2) is 0 Å². The van der Waals surface area contributed by atoms with E-state index in [2.05, 4.69) is 5.10 Å². The van der Waals surface area contributed by atoms with Gasteiger partial charge in [-0.1, -0.05) is 0 Å². The number of anilines is 1. The van der Waals surface area contributed by atoms with Crippen molar-refractivity contribution in [2.24, 2.45) is 0 Å². The number of carbonyl (C=O) groups excluding carboxylic acids is 2. The molecule has 1 heterocycles. The predicted octanol–water partition coefficient (Wildman–Crippen LogP) is -0.513. The fourth-order valence-electron chi connectivity index (χ4n) is 1.12. The minimum Gasteiger partial charge on any atom is -0.464 e. The first kappa shape index (κ1) is 13.0. The van der Waals surface area contributed by atoms with Crippen molar-refractivity contribution in [3.05, 3.63) is 12.4 Å². The van der Waals surface area contributed by atoms with Crippen LogP contribution in [0, 0.1) is 0 Å². The number of nitrogens with two attached hydrogens (primary N) is 1.